The highest BCUT2D eigenvalue weighted by atomic mass is 35.5. The summed E-state index contributed by atoms with van der Waals surface area (Å²) in [6, 6.07) is 10.6. The molecule has 0 radical (unpaired) electrons. The fraction of sp³-hybridized carbons (Fsp3) is 0.200. The first-order valence-electron chi connectivity index (χ1n) is 9.01. The van der Waals surface area contributed by atoms with Crippen molar-refractivity contribution in [2.45, 2.75) is 23.0 Å². The highest BCUT2D eigenvalue weighted by molar-refractivity contribution is 7.94. The normalized spacial score (nSPS) is 15.9. The average Bonchev–Trinajstić information content (AvgIpc) is 3.27. The summed E-state index contributed by atoms with van der Waals surface area (Å²) in [5.74, 6) is -1.16. The molecule has 1 unspecified atom stereocenters. The summed E-state index contributed by atoms with van der Waals surface area (Å²) in [4.78, 5) is 15.3. The third kappa shape index (κ3) is 3.92. The highest BCUT2D eigenvalue weighted by Crippen LogP contribution is 2.45. The molecule has 0 aliphatic carbocycles. The van der Waals surface area contributed by atoms with Gasteiger partial charge in [0.15, 0.2) is 0 Å². The zero-order valence-electron chi connectivity index (χ0n) is 15.5. The molecule has 0 saturated heterocycles. The number of aromatic nitrogens is 1. The van der Waals surface area contributed by atoms with Gasteiger partial charge in [-0.1, -0.05) is 35.3 Å². The van der Waals surface area contributed by atoms with Gasteiger partial charge in [0, 0.05) is 31.3 Å². The molecular weight excluding hydrogens is 467 g/mol. The number of aliphatic carboxylic acids is 1. The molecule has 1 atom stereocenters. The first kappa shape index (κ1) is 21.1. The van der Waals surface area contributed by atoms with E-state index in [1.807, 2.05) is 24.3 Å². The van der Waals surface area contributed by atoms with E-state index in [-0.39, 0.29) is 32.5 Å². The maximum absolute atomic E-state index is 13.3. The van der Waals surface area contributed by atoms with Gasteiger partial charge in [-0.15, -0.1) is 11.3 Å². The first-order valence-corrected chi connectivity index (χ1v) is 12.0. The smallest absolute Gasteiger partial charge is 0.303 e. The first-order chi connectivity index (χ1) is 14.3. The predicted molar refractivity (Wildman–Crippen MR) is 118 cm³/mol. The van der Waals surface area contributed by atoms with E-state index in [2.05, 4.69) is 4.98 Å². The van der Waals surface area contributed by atoms with Gasteiger partial charge in [-0.25, -0.2) is 8.42 Å². The lowest BCUT2D eigenvalue weighted by Gasteiger charge is -2.19. The fourth-order valence-corrected chi connectivity index (χ4v) is 7.08. The van der Waals surface area contributed by atoms with Crippen LogP contribution >= 0.6 is 34.5 Å². The van der Waals surface area contributed by atoms with Crippen LogP contribution < -0.4 is 4.31 Å². The largest absolute Gasteiger partial charge is 0.481 e. The number of thiophene rings is 1. The topological polar surface area (TPSA) is 87.6 Å². The summed E-state index contributed by atoms with van der Waals surface area (Å²) in [5.41, 5.74) is 3.13. The molecule has 30 heavy (non-hydrogen) atoms. The summed E-state index contributed by atoms with van der Waals surface area (Å²) in [6.07, 6.45) is 3.69. The molecular formula is C20H16Cl2N2O4S2. The molecule has 4 rings (SSSR count). The van der Waals surface area contributed by atoms with Gasteiger partial charge in [0.25, 0.3) is 10.0 Å². The average molecular weight is 483 g/mol. The van der Waals surface area contributed by atoms with Crippen LogP contribution in [0.3, 0.4) is 0 Å². The Labute approximate surface area is 187 Å². The van der Waals surface area contributed by atoms with E-state index in [9.17, 15) is 13.2 Å². The lowest BCUT2D eigenvalue weighted by molar-refractivity contribution is -0.137. The summed E-state index contributed by atoms with van der Waals surface area (Å²) in [7, 11) is -3.88. The lowest BCUT2D eigenvalue weighted by Crippen LogP contribution is -2.29. The second kappa shape index (κ2) is 8.19. The number of rotatable bonds is 6. The van der Waals surface area contributed by atoms with E-state index in [1.54, 1.807) is 18.5 Å². The van der Waals surface area contributed by atoms with Crippen LogP contribution in [-0.4, -0.2) is 31.0 Å². The number of carboxylic acids is 1. The van der Waals surface area contributed by atoms with E-state index >= 15 is 0 Å². The maximum atomic E-state index is 13.3. The third-order valence-electron chi connectivity index (χ3n) is 4.99. The summed E-state index contributed by atoms with van der Waals surface area (Å²) < 4.78 is 28.2. The van der Waals surface area contributed by atoms with Crippen molar-refractivity contribution < 1.29 is 18.3 Å². The number of sulfonamides is 1. The van der Waals surface area contributed by atoms with Gasteiger partial charge in [0.2, 0.25) is 0 Å². The summed E-state index contributed by atoms with van der Waals surface area (Å²) >= 11 is 12.8. The minimum absolute atomic E-state index is 0.0498. The second-order valence-corrected chi connectivity index (χ2v) is 11.0. The van der Waals surface area contributed by atoms with Crippen LogP contribution in [0.2, 0.25) is 9.36 Å². The molecule has 3 heterocycles. The highest BCUT2D eigenvalue weighted by Gasteiger charge is 2.38. The van der Waals surface area contributed by atoms with Crippen molar-refractivity contribution in [3.8, 4) is 11.1 Å². The van der Waals surface area contributed by atoms with Crippen molar-refractivity contribution in [2.75, 3.05) is 10.8 Å². The lowest BCUT2D eigenvalue weighted by atomic mass is 9.93. The molecule has 156 valence electrons. The molecule has 0 fully saturated rings. The van der Waals surface area contributed by atoms with Gasteiger partial charge in [-0.3, -0.25) is 14.1 Å². The quantitative estimate of drug-likeness (QED) is 0.516. The minimum Gasteiger partial charge on any atom is -0.481 e. The van der Waals surface area contributed by atoms with Gasteiger partial charge in [-0.05, 0) is 47.4 Å². The van der Waals surface area contributed by atoms with E-state index < -0.39 is 16.0 Å². The predicted octanol–water partition coefficient (Wildman–Crippen LogP) is 5.27. The minimum atomic E-state index is -3.88. The molecule has 1 aliphatic heterocycles. The molecule has 6 nitrogen and oxygen atoms in total. The Morgan fingerprint density at radius 3 is 2.67 bits per heavy atom. The van der Waals surface area contributed by atoms with E-state index in [4.69, 9.17) is 28.3 Å². The van der Waals surface area contributed by atoms with Crippen LogP contribution in [0.1, 0.15) is 24.3 Å². The Balaban J connectivity index is 1.77. The SMILES string of the molecule is O=C(O)CCC1CN(S(=O)(=O)c2cc(Cl)c(Cl)s2)c2ccc(-c3cccnc3)cc21. The van der Waals surface area contributed by atoms with Crippen LogP contribution in [0.25, 0.3) is 11.1 Å². The van der Waals surface area contributed by atoms with Gasteiger partial charge in [0.1, 0.15) is 8.55 Å². The van der Waals surface area contributed by atoms with E-state index in [0.29, 0.717) is 12.1 Å². The Morgan fingerprint density at radius 2 is 2.03 bits per heavy atom. The monoisotopic (exact) mass is 482 g/mol. The molecule has 1 N–H and O–H groups in total. The number of carbonyl (C=O) groups is 1. The van der Waals surface area contributed by atoms with Crippen LogP contribution in [0, 0.1) is 0 Å². The summed E-state index contributed by atoms with van der Waals surface area (Å²) in [5, 5.41) is 9.31. The molecule has 0 amide bonds. The molecule has 10 heteroatoms. The van der Waals surface area contributed by atoms with Gasteiger partial charge in [-0.2, -0.15) is 0 Å². The number of carboxylic acid groups (broad SMARTS) is 1. The van der Waals surface area contributed by atoms with Crippen LogP contribution in [-0.2, 0) is 14.8 Å². The summed E-state index contributed by atoms with van der Waals surface area (Å²) in [6.45, 7) is 0.161. The van der Waals surface area contributed by atoms with Crippen LogP contribution in [0.5, 0.6) is 0 Å². The molecule has 3 aromatic rings. The number of hydrogen-bond acceptors (Lipinski definition) is 5. The number of hydrogen-bond donors (Lipinski definition) is 1. The van der Waals surface area contributed by atoms with Crippen molar-refractivity contribution in [3.63, 3.8) is 0 Å². The number of fused-ring (bicyclic) bond motifs is 1. The molecule has 0 saturated carbocycles. The Kier molecular flexibility index (Phi) is 5.76. The number of halogens is 2. The molecule has 0 bridgehead atoms. The fourth-order valence-electron chi connectivity index (χ4n) is 3.55. The zero-order valence-corrected chi connectivity index (χ0v) is 18.6. The number of pyridine rings is 1. The van der Waals surface area contributed by atoms with Gasteiger partial charge >= 0.3 is 5.97 Å². The van der Waals surface area contributed by atoms with Crippen molar-refractivity contribution in [1.82, 2.24) is 4.98 Å². The van der Waals surface area contributed by atoms with Gasteiger partial charge < -0.3 is 5.11 Å². The Bertz CT molecular complexity index is 1190. The molecule has 1 aliphatic rings. The number of anilines is 1. The maximum Gasteiger partial charge on any atom is 0.303 e. The van der Waals surface area contributed by atoms with Crippen molar-refractivity contribution >= 4 is 56.2 Å². The molecule has 0 spiro atoms. The molecule has 1 aromatic carbocycles. The van der Waals surface area contributed by atoms with Crippen molar-refractivity contribution in [3.05, 3.63) is 63.7 Å². The van der Waals surface area contributed by atoms with Crippen molar-refractivity contribution in [2.24, 2.45) is 0 Å². The molecule has 2 aromatic heterocycles. The van der Waals surface area contributed by atoms with Crippen molar-refractivity contribution in [1.29, 1.82) is 0 Å². The number of benzene rings is 1. The second-order valence-electron chi connectivity index (χ2n) is 6.87. The van der Waals surface area contributed by atoms with E-state index in [0.717, 1.165) is 28.0 Å². The number of nitrogens with zero attached hydrogens (tertiary/aromatic N) is 2. The van der Waals surface area contributed by atoms with Crippen LogP contribution in [0.15, 0.2) is 53.0 Å². The van der Waals surface area contributed by atoms with Gasteiger partial charge in [0.05, 0.1) is 10.7 Å². The van der Waals surface area contributed by atoms with Crippen LogP contribution in [0.4, 0.5) is 5.69 Å². The van der Waals surface area contributed by atoms with E-state index in [1.165, 1.54) is 10.4 Å². The third-order valence-corrected chi connectivity index (χ3v) is 9.09. The Hall–Kier alpha value is -2.13. The Morgan fingerprint density at radius 1 is 1.23 bits per heavy atom. The zero-order chi connectivity index (χ0) is 21.5. The standard InChI is InChI=1S/C20H16Cl2N2O4S2/c21-16-9-19(29-20(16)22)30(27,28)24-11-14(4-6-18(25)26)15-8-12(3-5-17(15)24)13-2-1-7-23-10-13/h1-3,5,7-10,14H,4,6,11H2,(H,25,26).